The van der Waals surface area contributed by atoms with Gasteiger partial charge in [-0.3, -0.25) is 4.79 Å². The Kier molecular flexibility index (Phi) is 2.83. The summed E-state index contributed by atoms with van der Waals surface area (Å²) in [4.78, 5) is 20.5. The van der Waals surface area contributed by atoms with Crippen LogP contribution < -0.4 is 4.90 Å². The molecule has 1 rings (SSSR count). The molecule has 0 aliphatic heterocycles. The molecule has 0 bridgehead atoms. The lowest BCUT2D eigenvalue weighted by Gasteiger charge is -2.11. The quantitative estimate of drug-likeness (QED) is 0.534. The highest BCUT2D eigenvalue weighted by molar-refractivity contribution is 6.28. The summed E-state index contributed by atoms with van der Waals surface area (Å²) in [6, 6.07) is 1.61. The molecule has 4 nitrogen and oxygen atoms in total. The van der Waals surface area contributed by atoms with E-state index in [0.29, 0.717) is 11.5 Å². The molecule has 0 saturated heterocycles. The first kappa shape index (κ1) is 9.92. The summed E-state index contributed by atoms with van der Waals surface area (Å²) in [7, 11) is 3.64. The fourth-order valence-electron chi connectivity index (χ4n) is 0.815. The third kappa shape index (κ3) is 2.39. The summed E-state index contributed by atoms with van der Waals surface area (Å²) >= 11 is 5.64. The molecule has 0 unspecified atom stereocenters. The van der Waals surface area contributed by atoms with Gasteiger partial charge in [0.05, 0.1) is 0 Å². The maximum atomic E-state index is 11.0. The van der Waals surface area contributed by atoms with Gasteiger partial charge < -0.3 is 4.90 Å². The molecule has 1 aromatic rings. The van der Waals surface area contributed by atoms with Gasteiger partial charge in [-0.25, -0.2) is 9.97 Å². The number of hydrogen-bond donors (Lipinski definition) is 0. The number of ketones is 1. The number of anilines is 1. The summed E-state index contributed by atoms with van der Waals surface area (Å²) in [6.45, 7) is 1.44. The number of rotatable bonds is 2. The Morgan fingerprint density at radius 1 is 1.46 bits per heavy atom. The fraction of sp³-hybridized carbons (Fsp3) is 0.375. The third-order valence-electron chi connectivity index (χ3n) is 1.50. The molecule has 0 atom stereocenters. The van der Waals surface area contributed by atoms with Crippen LogP contribution in [0.2, 0.25) is 5.28 Å². The number of hydrogen-bond acceptors (Lipinski definition) is 4. The first-order valence-corrected chi connectivity index (χ1v) is 4.11. The Bertz CT molecular complexity index is 338. The smallest absolute Gasteiger partial charge is 0.224 e. The predicted octanol–water partition coefficient (Wildman–Crippen LogP) is 1.40. The largest absolute Gasteiger partial charge is 0.363 e. The number of nitrogens with zero attached hydrogens (tertiary/aromatic N) is 3. The van der Waals surface area contributed by atoms with Crippen molar-refractivity contribution in [3.63, 3.8) is 0 Å². The molecule has 13 heavy (non-hydrogen) atoms. The summed E-state index contributed by atoms with van der Waals surface area (Å²) in [5.41, 5.74) is 0.337. The van der Waals surface area contributed by atoms with Gasteiger partial charge in [-0.05, 0) is 11.6 Å². The lowest BCUT2D eigenvalue weighted by molar-refractivity contribution is 0.101. The standard InChI is InChI=1S/C8H10ClN3O/c1-5(13)6-4-7(12(2)3)11-8(9)10-6/h4H,1-3H3. The highest BCUT2D eigenvalue weighted by Gasteiger charge is 2.07. The molecule has 0 aliphatic rings. The Labute approximate surface area is 81.6 Å². The normalized spacial score (nSPS) is 9.85. The third-order valence-corrected chi connectivity index (χ3v) is 1.67. The van der Waals surface area contributed by atoms with Crippen molar-refractivity contribution in [1.82, 2.24) is 9.97 Å². The molecule has 0 N–H and O–H groups in total. The van der Waals surface area contributed by atoms with E-state index in [1.54, 1.807) is 11.0 Å². The van der Waals surface area contributed by atoms with Gasteiger partial charge in [0.1, 0.15) is 11.5 Å². The highest BCUT2D eigenvalue weighted by Crippen LogP contribution is 2.12. The van der Waals surface area contributed by atoms with Crippen LogP contribution in [0, 0.1) is 0 Å². The van der Waals surface area contributed by atoms with Crippen molar-refractivity contribution >= 4 is 23.2 Å². The Hall–Kier alpha value is -1.16. The van der Waals surface area contributed by atoms with Crippen molar-refractivity contribution in [2.24, 2.45) is 0 Å². The van der Waals surface area contributed by atoms with Gasteiger partial charge in [0.15, 0.2) is 5.78 Å². The summed E-state index contributed by atoms with van der Waals surface area (Å²) < 4.78 is 0. The van der Waals surface area contributed by atoms with E-state index in [9.17, 15) is 4.79 Å². The van der Waals surface area contributed by atoms with Gasteiger partial charge in [0, 0.05) is 27.1 Å². The van der Waals surface area contributed by atoms with Crippen LogP contribution >= 0.6 is 11.6 Å². The second kappa shape index (κ2) is 3.70. The molecule has 0 spiro atoms. The van der Waals surface area contributed by atoms with Crippen molar-refractivity contribution in [2.45, 2.75) is 6.92 Å². The number of halogens is 1. The van der Waals surface area contributed by atoms with E-state index in [0.717, 1.165) is 0 Å². The zero-order valence-corrected chi connectivity index (χ0v) is 8.46. The van der Waals surface area contributed by atoms with E-state index in [1.165, 1.54) is 6.92 Å². The minimum atomic E-state index is -0.118. The number of carbonyl (C=O) groups excluding carboxylic acids is 1. The topological polar surface area (TPSA) is 46.1 Å². The Morgan fingerprint density at radius 3 is 2.54 bits per heavy atom. The summed E-state index contributed by atoms with van der Waals surface area (Å²) in [5, 5.41) is 0.0939. The number of Topliss-reactive ketones (excluding diaryl/α,β-unsaturated/α-hetero) is 1. The van der Waals surface area contributed by atoms with Crippen LogP contribution in [0.4, 0.5) is 5.82 Å². The SMILES string of the molecule is CC(=O)c1cc(N(C)C)nc(Cl)n1. The van der Waals surface area contributed by atoms with E-state index < -0.39 is 0 Å². The van der Waals surface area contributed by atoms with Crippen LogP contribution in [0.3, 0.4) is 0 Å². The van der Waals surface area contributed by atoms with Gasteiger partial charge in [0.25, 0.3) is 0 Å². The molecular formula is C8H10ClN3O. The molecule has 0 aliphatic carbocycles. The summed E-state index contributed by atoms with van der Waals surface area (Å²) in [5.74, 6) is 0.512. The van der Waals surface area contributed by atoms with E-state index in [-0.39, 0.29) is 11.1 Å². The average molecular weight is 200 g/mol. The summed E-state index contributed by atoms with van der Waals surface area (Å²) in [6.07, 6.45) is 0. The van der Waals surface area contributed by atoms with Gasteiger partial charge in [-0.2, -0.15) is 0 Å². The van der Waals surface area contributed by atoms with E-state index in [4.69, 9.17) is 11.6 Å². The van der Waals surface area contributed by atoms with Crippen LogP contribution in [-0.4, -0.2) is 29.8 Å². The van der Waals surface area contributed by atoms with Crippen LogP contribution in [0.15, 0.2) is 6.07 Å². The van der Waals surface area contributed by atoms with Crippen molar-refractivity contribution in [2.75, 3.05) is 19.0 Å². The molecular weight excluding hydrogens is 190 g/mol. The first-order chi connectivity index (χ1) is 6.00. The van der Waals surface area contributed by atoms with Crippen molar-refractivity contribution in [3.8, 4) is 0 Å². The van der Waals surface area contributed by atoms with Crippen molar-refractivity contribution in [1.29, 1.82) is 0 Å². The highest BCUT2D eigenvalue weighted by atomic mass is 35.5. The lowest BCUT2D eigenvalue weighted by atomic mass is 10.3. The lowest BCUT2D eigenvalue weighted by Crippen LogP contribution is -2.12. The Morgan fingerprint density at radius 2 is 2.08 bits per heavy atom. The molecule has 0 saturated carbocycles. The first-order valence-electron chi connectivity index (χ1n) is 3.73. The number of aromatic nitrogens is 2. The van der Waals surface area contributed by atoms with E-state index >= 15 is 0 Å². The second-order valence-electron chi connectivity index (χ2n) is 2.83. The van der Waals surface area contributed by atoms with Gasteiger partial charge >= 0.3 is 0 Å². The van der Waals surface area contributed by atoms with E-state index in [2.05, 4.69) is 9.97 Å². The van der Waals surface area contributed by atoms with E-state index in [1.807, 2.05) is 14.1 Å². The fourth-order valence-corrected chi connectivity index (χ4v) is 0.993. The zero-order chi connectivity index (χ0) is 10.0. The molecule has 1 aromatic heterocycles. The van der Waals surface area contributed by atoms with Gasteiger partial charge in [-0.1, -0.05) is 0 Å². The van der Waals surface area contributed by atoms with Gasteiger partial charge in [0.2, 0.25) is 5.28 Å². The minimum absolute atomic E-state index is 0.0939. The van der Waals surface area contributed by atoms with Crippen LogP contribution in [0.1, 0.15) is 17.4 Å². The molecule has 1 heterocycles. The average Bonchev–Trinajstić information content (AvgIpc) is 2.03. The van der Waals surface area contributed by atoms with Crippen molar-refractivity contribution in [3.05, 3.63) is 17.0 Å². The van der Waals surface area contributed by atoms with Gasteiger partial charge in [-0.15, -0.1) is 0 Å². The maximum Gasteiger partial charge on any atom is 0.224 e. The second-order valence-corrected chi connectivity index (χ2v) is 3.17. The van der Waals surface area contributed by atoms with Crippen LogP contribution in [0.25, 0.3) is 0 Å². The molecule has 0 fully saturated rings. The molecule has 0 aromatic carbocycles. The monoisotopic (exact) mass is 199 g/mol. The molecule has 70 valence electrons. The maximum absolute atomic E-state index is 11.0. The molecule has 0 amide bonds. The Balaban J connectivity index is 3.19. The molecule has 0 radical (unpaired) electrons. The number of carbonyl (C=O) groups is 1. The molecule has 5 heteroatoms. The van der Waals surface area contributed by atoms with Crippen molar-refractivity contribution < 1.29 is 4.79 Å². The van der Waals surface area contributed by atoms with Crippen LogP contribution in [0.5, 0.6) is 0 Å². The zero-order valence-electron chi connectivity index (χ0n) is 7.71. The van der Waals surface area contributed by atoms with Crippen LogP contribution in [-0.2, 0) is 0 Å². The predicted molar refractivity (Wildman–Crippen MR) is 51.4 cm³/mol. The minimum Gasteiger partial charge on any atom is -0.363 e.